The zero-order valence-electron chi connectivity index (χ0n) is 12.1. The first-order valence-corrected chi connectivity index (χ1v) is 7.90. The summed E-state index contributed by atoms with van der Waals surface area (Å²) in [5.74, 6) is -1.95. The van der Waals surface area contributed by atoms with Gasteiger partial charge >= 0.3 is 5.97 Å². The summed E-state index contributed by atoms with van der Waals surface area (Å²) in [7, 11) is 0. The van der Waals surface area contributed by atoms with E-state index in [4.69, 9.17) is 5.11 Å². The smallest absolute Gasteiger partial charge is 0.307 e. The van der Waals surface area contributed by atoms with Gasteiger partial charge < -0.3 is 10.4 Å². The van der Waals surface area contributed by atoms with Crippen LogP contribution in [-0.2, 0) is 16.1 Å². The lowest BCUT2D eigenvalue weighted by Crippen LogP contribution is -2.25. The summed E-state index contributed by atoms with van der Waals surface area (Å²) in [6.07, 6.45) is 0.443. The molecule has 0 spiro atoms. The van der Waals surface area contributed by atoms with Gasteiger partial charge in [-0.05, 0) is 13.3 Å². The number of carboxylic acids is 1. The van der Waals surface area contributed by atoms with Crippen molar-refractivity contribution in [3.63, 3.8) is 0 Å². The fourth-order valence-corrected chi connectivity index (χ4v) is 3.36. The normalized spacial score (nSPS) is 19.7. The number of amides is 1. The Hall–Kier alpha value is -2.21. The molecule has 3 rings (SSSR count). The molecule has 0 unspecified atom stereocenters. The fraction of sp³-hybridized carbons (Fsp3) is 0.312. The van der Waals surface area contributed by atoms with Crippen LogP contribution in [0.4, 0.5) is 0 Å². The molecular formula is C16H16N2O3S. The van der Waals surface area contributed by atoms with Gasteiger partial charge in [-0.2, -0.15) is 0 Å². The summed E-state index contributed by atoms with van der Waals surface area (Å²) in [6.45, 7) is 2.32. The van der Waals surface area contributed by atoms with E-state index in [2.05, 4.69) is 10.3 Å². The largest absolute Gasteiger partial charge is 0.481 e. The molecule has 2 N–H and O–H groups in total. The lowest BCUT2D eigenvalue weighted by Gasteiger charge is -2.02. The van der Waals surface area contributed by atoms with Gasteiger partial charge in [0.25, 0.3) is 0 Å². The van der Waals surface area contributed by atoms with E-state index in [1.165, 1.54) is 0 Å². The maximum Gasteiger partial charge on any atom is 0.307 e. The molecule has 1 amide bonds. The number of aliphatic carboxylic acids is 1. The van der Waals surface area contributed by atoms with E-state index in [0.717, 1.165) is 21.1 Å². The number of hydrogen-bond acceptors (Lipinski definition) is 4. The van der Waals surface area contributed by atoms with Crippen LogP contribution in [0.3, 0.4) is 0 Å². The Labute approximate surface area is 132 Å². The van der Waals surface area contributed by atoms with E-state index >= 15 is 0 Å². The van der Waals surface area contributed by atoms with Crippen LogP contribution in [0, 0.1) is 18.8 Å². The SMILES string of the molecule is Cc1nc(-c2ccccc2)sc1CNC(=O)[C@@H]1C[C@H]1C(=O)O. The molecule has 1 aliphatic carbocycles. The second-order valence-corrected chi connectivity index (χ2v) is 6.48. The highest BCUT2D eigenvalue weighted by atomic mass is 32.1. The third-order valence-electron chi connectivity index (χ3n) is 3.78. The molecule has 1 aromatic heterocycles. The highest BCUT2D eigenvalue weighted by Crippen LogP contribution is 2.38. The average molecular weight is 316 g/mol. The molecular weight excluding hydrogens is 300 g/mol. The summed E-state index contributed by atoms with van der Waals surface area (Å²) in [5, 5.41) is 12.6. The quantitative estimate of drug-likeness (QED) is 0.888. The fourth-order valence-electron chi connectivity index (χ4n) is 2.35. The maximum absolute atomic E-state index is 11.9. The van der Waals surface area contributed by atoms with E-state index in [0.29, 0.717) is 13.0 Å². The molecule has 5 nitrogen and oxygen atoms in total. The molecule has 1 aromatic carbocycles. The number of carbonyl (C=O) groups is 2. The van der Waals surface area contributed by atoms with Crippen LogP contribution >= 0.6 is 11.3 Å². The van der Waals surface area contributed by atoms with E-state index in [-0.39, 0.29) is 11.8 Å². The number of aryl methyl sites for hydroxylation is 1. The van der Waals surface area contributed by atoms with E-state index in [9.17, 15) is 9.59 Å². The summed E-state index contributed by atoms with van der Waals surface area (Å²) in [5.41, 5.74) is 1.95. The lowest BCUT2D eigenvalue weighted by atomic mass is 10.2. The number of thiazole rings is 1. The number of carbonyl (C=O) groups excluding carboxylic acids is 1. The van der Waals surface area contributed by atoms with Gasteiger partial charge in [-0.1, -0.05) is 30.3 Å². The van der Waals surface area contributed by atoms with Gasteiger partial charge in [0.2, 0.25) is 5.91 Å². The van der Waals surface area contributed by atoms with Gasteiger partial charge in [0, 0.05) is 10.4 Å². The third kappa shape index (κ3) is 3.01. The molecule has 0 bridgehead atoms. The molecule has 2 aromatic rings. The Balaban J connectivity index is 1.63. The van der Waals surface area contributed by atoms with Crippen LogP contribution in [0.5, 0.6) is 0 Å². The van der Waals surface area contributed by atoms with Gasteiger partial charge in [0.15, 0.2) is 0 Å². The zero-order chi connectivity index (χ0) is 15.7. The van der Waals surface area contributed by atoms with Gasteiger partial charge in [-0.15, -0.1) is 11.3 Å². The highest BCUT2D eigenvalue weighted by Gasteiger charge is 2.48. The predicted molar refractivity (Wildman–Crippen MR) is 83.4 cm³/mol. The van der Waals surface area contributed by atoms with Gasteiger partial charge in [0.1, 0.15) is 5.01 Å². The molecule has 6 heteroatoms. The minimum atomic E-state index is -0.888. The summed E-state index contributed by atoms with van der Waals surface area (Å²) in [6, 6.07) is 9.89. The summed E-state index contributed by atoms with van der Waals surface area (Å²) >= 11 is 1.55. The first-order valence-electron chi connectivity index (χ1n) is 7.08. The van der Waals surface area contributed by atoms with Crippen molar-refractivity contribution in [1.29, 1.82) is 0 Å². The van der Waals surface area contributed by atoms with Crippen molar-refractivity contribution in [2.75, 3.05) is 0 Å². The number of hydrogen-bond donors (Lipinski definition) is 2. The minimum Gasteiger partial charge on any atom is -0.481 e. The van der Waals surface area contributed by atoms with E-state index in [1.807, 2.05) is 37.3 Å². The number of carboxylic acid groups (broad SMARTS) is 1. The van der Waals surface area contributed by atoms with Crippen molar-refractivity contribution in [3.05, 3.63) is 40.9 Å². The van der Waals surface area contributed by atoms with Crippen molar-refractivity contribution in [2.45, 2.75) is 19.9 Å². The maximum atomic E-state index is 11.9. The molecule has 1 fully saturated rings. The Bertz CT molecular complexity index is 711. The Morgan fingerprint density at radius 1 is 1.32 bits per heavy atom. The molecule has 0 radical (unpaired) electrons. The second kappa shape index (κ2) is 5.88. The van der Waals surface area contributed by atoms with Crippen LogP contribution in [0.25, 0.3) is 10.6 Å². The average Bonchev–Trinajstić information content (AvgIpc) is 3.24. The number of nitrogens with zero attached hydrogens (tertiary/aromatic N) is 1. The third-order valence-corrected chi connectivity index (χ3v) is 4.99. The van der Waals surface area contributed by atoms with E-state index in [1.54, 1.807) is 11.3 Å². The Kier molecular flexibility index (Phi) is 3.94. The highest BCUT2D eigenvalue weighted by molar-refractivity contribution is 7.15. The van der Waals surface area contributed by atoms with Crippen molar-refractivity contribution >= 4 is 23.2 Å². The predicted octanol–water partition coefficient (Wildman–Crippen LogP) is 2.46. The van der Waals surface area contributed by atoms with Crippen LogP contribution in [0.1, 0.15) is 17.0 Å². The van der Waals surface area contributed by atoms with Crippen molar-refractivity contribution in [3.8, 4) is 10.6 Å². The van der Waals surface area contributed by atoms with Crippen LogP contribution in [0.15, 0.2) is 30.3 Å². The first kappa shape index (κ1) is 14.7. The van der Waals surface area contributed by atoms with Gasteiger partial charge in [-0.25, -0.2) is 4.98 Å². The number of rotatable bonds is 5. The van der Waals surface area contributed by atoms with Gasteiger partial charge in [0.05, 0.1) is 24.1 Å². The second-order valence-electron chi connectivity index (χ2n) is 5.40. The monoisotopic (exact) mass is 316 g/mol. The Morgan fingerprint density at radius 2 is 2.05 bits per heavy atom. The lowest BCUT2D eigenvalue weighted by molar-refractivity contribution is -0.140. The van der Waals surface area contributed by atoms with Gasteiger partial charge in [-0.3, -0.25) is 9.59 Å². The number of benzene rings is 1. The zero-order valence-corrected chi connectivity index (χ0v) is 12.9. The van der Waals surface area contributed by atoms with Crippen LogP contribution < -0.4 is 5.32 Å². The topological polar surface area (TPSA) is 79.3 Å². The molecule has 1 heterocycles. The molecule has 114 valence electrons. The first-order chi connectivity index (χ1) is 10.6. The standard InChI is InChI=1S/C16H16N2O3S/c1-9-13(8-17-14(19)11-7-12(11)16(20)21)22-15(18-9)10-5-3-2-4-6-10/h2-6,11-12H,7-8H2,1H3,(H,17,19)(H,20,21)/t11-,12-/m1/s1. The van der Waals surface area contributed by atoms with E-state index < -0.39 is 11.9 Å². The summed E-state index contributed by atoms with van der Waals surface area (Å²) < 4.78 is 0. The Morgan fingerprint density at radius 3 is 2.68 bits per heavy atom. The number of aromatic nitrogens is 1. The van der Waals surface area contributed by atoms with Crippen LogP contribution in [0.2, 0.25) is 0 Å². The van der Waals surface area contributed by atoms with Crippen molar-refractivity contribution in [2.24, 2.45) is 11.8 Å². The molecule has 22 heavy (non-hydrogen) atoms. The minimum absolute atomic E-state index is 0.179. The molecule has 1 saturated carbocycles. The molecule has 0 saturated heterocycles. The number of nitrogens with one attached hydrogen (secondary N) is 1. The molecule has 2 atom stereocenters. The van der Waals surface area contributed by atoms with Crippen LogP contribution in [-0.4, -0.2) is 22.0 Å². The molecule has 0 aliphatic heterocycles. The van der Waals surface area contributed by atoms with Crippen molar-refractivity contribution < 1.29 is 14.7 Å². The summed E-state index contributed by atoms with van der Waals surface area (Å²) in [4.78, 5) is 28.2. The molecule has 1 aliphatic rings. The van der Waals surface area contributed by atoms with Crippen molar-refractivity contribution in [1.82, 2.24) is 10.3 Å².